The van der Waals surface area contributed by atoms with Gasteiger partial charge in [-0.15, -0.1) is 0 Å². The first-order valence-corrected chi connectivity index (χ1v) is 5.52. The van der Waals surface area contributed by atoms with Crippen LogP contribution in [0.1, 0.15) is 19.4 Å². The zero-order chi connectivity index (χ0) is 12.9. The Balaban J connectivity index is 2.85. The highest BCUT2D eigenvalue weighted by molar-refractivity contribution is 5.79. The Bertz CT molecular complexity index is 385. The lowest BCUT2D eigenvalue weighted by atomic mass is 9.96. The van der Waals surface area contributed by atoms with Crippen molar-refractivity contribution in [3.05, 3.63) is 29.8 Å². The number of methoxy groups -OCH3 is 1. The number of hydrogen-bond acceptors (Lipinski definition) is 4. The molecule has 17 heavy (non-hydrogen) atoms. The lowest BCUT2D eigenvalue weighted by molar-refractivity contribution is -0.163. The van der Waals surface area contributed by atoms with Gasteiger partial charge in [-0.1, -0.05) is 18.2 Å². The van der Waals surface area contributed by atoms with Gasteiger partial charge in [0.15, 0.2) is 5.60 Å². The fraction of sp³-hybridized carbons (Fsp3) is 0.462. The number of carbonyl (C=O) groups excluding carboxylic acids is 1. The molecular weight excluding hydrogens is 220 g/mol. The summed E-state index contributed by atoms with van der Waals surface area (Å²) in [4.78, 5) is 11.6. The monoisotopic (exact) mass is 238 g/mol. The number of esters is 1. The molecule has 0 aromatic heterocycles. The molecule has 0 amide bonds. The molecule has 0 saturated heterocycles. The maximum absolute atomic E-state index is 11.6. The van der Waals surface area contributed by atoms with Gasteiger partial charge in [0.05, 0.1) is 13.7 Å². The van der Waals surface area contributed by atoms with E-state index in [2.05, 4.69) is 0 Å². The van der Waals surface area contributed by atoms with Crippen LogP contribution in [-0.2, 0) is 16.0 Å². The summed E-state index contributed by atoms with van der Waals surface area (Å²) in [7, 11) is 1.55. The zero-order valence-electron chi connectivity index (χ0n) is 10.4. The molecule has 0 aliphatic heterocycles. The van der Waals surface area contributed by atoms with Crippen molar-refractivity contribution < 1.29 is 19.4 Å². The number of benzene rings is 1. The maximum Gasteiger partial charge on any atom is 0.338 e. The third-order valence-corrected chi connectivity index (χ3v) is 2.44. The number of carbonyl (C=O) groups is 1. The summed E-state index contributed by atoms with van der Waals surface area (Å²) in [5.74, 6) is 0.0305. The molecule has 1 rings (SSSR count). The van der Waals surface area contributed by atoms with Crippen LogP contribution in [0.25, 0.3) is 0 Å². The van der Waals surface area contributed by atoms with Crippen LogP contribution in [0.2, 0.25) is 0 Å². The number of para-hydroxylation sites is 1. The highest BCUT2D eigenvalue weighted by atomic mass is 16.5. The molecule has 1 aromatic rings. The van der Waals surface area contributed by atoms with Crippen LogP contribution in [0.5, 0.6) is 5.75 Å². The average Bonchev–Trinajstić information content (AvgIpc) is 2.29. The first-order valence-electron chi connectivity index (χ1n) is 5.52. The summed E-state index contributed by atoms with van der Waals surface area (Å²) >= 11 is 0. The maximum atomic E-state index is 11.6. The normalized spacial score (nSPS) is 13.9. The summed E-state index contributed by atoms with van der Waals surface area (Å²) < 4.78 is 9.99. The SMILES string of the molecule is CCOC(=O)C(C)(O)Cc1ccccc1OC. The van der Waals surface area contributed by atoms with Crippen molar-refractivity contribution in [2.75, 3.05) is 13.7 Å². The van der Waals surface area contributed by atoms with Crippen molar-refractivity contribution in [1.29, 1.82) is 0 Å². The number of ether oxygens (including phenoxy) is 2. The molecule has 0 saturated carbocycles. The van der Waals surface area contributed by atoms with Crippen LogP contribution in [0.3, 0.4) is 0 Å². The number of rotatable bonds is 5. The van der Waals surface area contributed by atoms with Gasteiger partial charge >= 0.3 is 5.97 Å². The van der Waals surface area contributed by atoms with Crippen molar-refractivity contribution in [2.45, 2.75) is 25.9 Å². The predicted octanol–water partition coefficient (Wildman–Crippen LogP) is 1.55. The Morgan fingerprint density at radius 1 is 1.41 bits per heavy atom. The first-order chi connectivity index (χ1) is 8.01. The van der Waals surface area contributed by atoms with E-state index in [-0.39, 0.29) is 13.0 Å². The second-order valence-electron chi connectivity index (χ2n) is 3.98. The van der Waals surface area contributed by atoms with Gasteiger partial charge in [-0.25, -0.2) is 4.79 Å². The molecule has 4 heteroatoms. The van der Waals surface area contributed by atoms with E-state index >= 15 is 0 Å². The minimum absolute atomic E-state index is 0.163. The van der Waals surface area contributed by atoms with Gasteiger partial charge in [-0.2, -0.15) is 0 Å². The number of hydrogen-bond donors (Lipinski definition) is 1. The molecule has 1 atom stereocenters. The highest BCUT2D eigenvalue weighted by Gasteiger charge is 2.32. The summed E-state index contributed by atoms with van der Waals surface area (Å²) in [5, 5.41) is 10.1. The second kappa shape index (κ2) is 5.68. The standard InChI is InChI=1S/C13H18O4/c1-4-17-12(14)13(2,15)9-10-7-5-6-8-11(10)16-3/h5-8,15H,4,9H2,1-3H3. The van der Waals surface area contributed by atoms with Gasteiger partial charge in [0.25, 0.3) is 0 Å². The van der Waals surface area contributed by atoms with E-state index in [4.69, 9.17) is 9.47 Å². The zero-order valence-corrected chi connectivity index (χ0v) is 10.4. The molecule has 0 aliphatic rings. The van der Waals surface area contributed by atoms with Crippen molar-refractivity contribution in [2.24, 2.45) is 0 Å². The third kappa shape index (κ3) is 3.46. The average molecular weight is 238 g/mol. The number of aliphatic hydroxyl groups is 1. The summed E-state index contributed by atoms with van der Waals surface area (Å²) in [6, 6.07) is 7.27. The fourth-order valence-electron chi connectivity index (χ4n) is 1.58. The van der Waals surface area contributed by atoms with Crippen LogP contribution >= 0.6 is 0 Å². The first kappa shape index (κ1) is 13.5. The van der Waals surface area contributed by atoms with Gasteiger partial charge < -0.3 is 14.6 Å². The van der Waals surface area contributed by atoms with Crippen LogP contribution in [0.4, 0.5) is 0 Å². The molecule has 0 aliphatic carbocycles. The van der Waals surface area contributed by atoms with Crippen LogP contribution in [0.15, 0.2) is 24.3 Å². The minimum atomic E-state index is -1.54. The molecule has 0 fully saturated rings. The van der Waals surface area contributed by atoms with Gasteiger partial charge in [0.1, 0.15) is 5.75 Å². The molecule has 94 valence electrons. The smallest absolute Gasteiger partial charge is 0.338 e. The topological polar surface area (TPSA) is 55.8 Å². The van der Waals surface area contributed by atoms with E-state index in [1.807, 2.05) is 18.2 Å². The second-order valence-corrected chi connectivity index (χ2v) is 3.98. The Morgan fingerprint density at radius 3 is 2.65 bits per heavy atom. The van der Waals surface area contributed by atoms with E-state index in [1.54, 1.807) is 20.1 Å². The quantitative estimate of drug-likeness (QED) is 0.791. The third-order valence-electron chi connectivity index (χ3n) is 2.44. The van der Waals surface area contributed by atoms with Crippen molar-refractivity contribution in [1.82, 2.24) is 0 Å². The predicted molar refractivity (Wildman–Crippen MR) is 64.0 cm³/mol. The highest BCUT2D eigenvalue weighted by Crippen LogP contribution is 2.23. The van der Waals surface area contributed by atoms with Crippen molar-refractivity contribution >= 4 is 5.97 Å². The Kier molecular flexibility index (Phi) is 4.52. The molecular formula is C13H18O4. The van der Waals surface area contributed by atoms with Crippen molar-refractivity contribution in [3.63, 3.8) is 0 Å². The Labute approximate surface area is 101 Å². The molecule has 1 aromatic carbocycles. The lowest BCUT2D eigenvalue weighted by Gasteiger charge is -2.21. The molecule has 1 N–H and O–H groups in total. The molecule has 0 radical (unpaired) electrons. The fourth-order valence-corrected chi connectivity index (χ4v) is 1.58. The largest absolute Gasteiger partial charge is 0.496 e. The van der Waals surface area contributed by atoms with Gasteiger partial charge in [0.2, 0.25) is 0 Å². The minimum Gasteiger partial charge on any atom is -0.496 e. The Morgan fingerprint density at radius 2 is 2.06 bits per heavy atom. The van der Waals surface area contributed by atoms with E-state index < -0.39 is 11.6 Å². The van der Waals surface area contributed by atoms with Crippen LogP contribution in [0, 0.1) is 0 Å². The van der Waals surface area contributed by atoms with Crippen LogP contribution < -0.4 is 4.74 Å². The van der Waals surface area contributed by atoms with Gasteiger partial charge in [-0.3, -0.25) is 0 Å². The summed E-state index contributed by atoms with van der Waals surface area (Å²) in [6.45, 7) is 3.40. The molecule has 0 bridgehead atoms. The molecule has 0 spiro atoms. The van der Waals surface area contributed by atoms with Gasteiger partial charge in [-0.05, 0) is 25.5 Å². The molecule has 0 heterocycles. The van der Waals surface area contributed by atoms with E-state index in [1.165, 1.54) is 6.92 Å². The van der Waals surface area contributed by atoms with Gasteiger partial charge in [0, 0.05) is 6.42 Å². The summed E-state index contributed by atoms with van der Waals surface area (Å²) in [5.41, 5.74) is -0.766. The van der Waals surface area contributed by atoms with Crippen molar-refractivity contribution in [3.8, 4) is 5.75 Å². The molecule has 1 unspecified atom stereocenters. The lowest BCUT2D eigenvalue weighted by Crippen LogP contribution is -2.39. The van der Waals surface area contributed by atoms with E-state index in [0.717, 1.165) is 5.56 Å². The molecule has 4 nitrogen and oxygen atoms in total. The Hall–Kier alpha value is -1.55. The van der Waals surface area contributed by atoms with Crippen LogP contribution in [-0.4, -0.2) is 30.4 Å². The summed E-state index contributed by atoms with van der Waals surface area (Å²) in [6.07, 6.45) is 0.163. The van der Waals surface area contributed by atoms with E-state index in [0.29, 0.717) is 5.75 Å². The van der Waals surface area contributed by atoms with E-state index in [9.17, 15) is 9.90 Å².